The van der Waals surface area contributed by atoms with Crippen LogP contribution in [-0.2, 0) is 10.8 Å². The summed E-state index contributed by atoms with van der Waals surface area (Å²) in [6.07, 6.45) is 1.02. The molecule has 274 valence electrons. The highest BCUT2D eigenvalue weighted by atomic mass is 32.2. The van der Waals surface area contributed by atoms with E-state index in [4.69, 9.17) is 18.9 Å². The first kappa shape index (κ1) is 32.0. The van der Waals surface area contributed by atoms with E-state index in [1.54, 1.807) is 0 Å². The molecule has 56 heavy (non-hydrogen) atoms. The quantitative estimate of drug-likeness (QED) is 0.178. The predicted molar refractivity (Wildman–Crippen MR) is 223 cm³/mol. The van der Waals surface area contributed by atoms with E-state index < -0.39 is 10.9 Å². The van der Waals surface area contributed by atoms with Crippen LogP contribution in [0.25, 0.3) is 0 Å². The van der Waals surface area contributed by atoms with E-state index in [1.807, 2.05) is 48.5 Å². The maximum absolute atomic E-state index is 7.27. The van der Waals surface area contributed by atoms with E-state index in [0.717, 1.165) is 86.5 Å². The first-order chi connectivity index (χ1) is 27.2. The summed E-state index contributed by atoms with van der Waals surface area (Å²) < 4.78 is 27.1. The maximum Gasteiger partial charge on any atom is 0.151 e. The Morgan fingerprint density at radius 2 is 0.875 bits per heavy atom. The first-order valence-corrected chi connectivity index (χ1v) is 20.6. The standard InChI is InChI=1S/C49H38N2O4S/c1-48(2)28-49(3,4)45-31(48)27-42-47-46(45)55-41-26-30(51-34-15-7-11-19-38(34)53-39-20-12-8-16-35(39)51)22-24-44(41)56(47)43-23-21-29(25-40(43)54-42)50-32-13-5-9-17-36(32)52-37-18-10-6-14-33(37)50/h5-27,56H,28H2,1-4H3. The van der Waals surface area contributed by atoms with Gasteiger partial charge in [-0.05, 0) is 102 Å². The zero-order chi connectivity index (χ0) is 37.5. The molecule has 0 fully saturated rings. The van der Waals surface area contributed by atoms with E-state index in [9.17, 15) is 0 Å². The molecule has 1 atom stereocenters. The van der Waals surface area contributed by atoms with Crippen LogP contribution in [0.4, 0.5) is 34.1 Å². The summed E-state index contributed by atoms with van der Waals surface area (Å²) in [5.74, 6) is 6.92. The van der Waals surface area contributed by atoms with Crippen LogP contribution in [0, 0.1) is 0 Å². The van der Waals surface area contributed by atoms with Gasteiger partial charge < -0.3 is 28.7 Å². The molecule has 0 aromatic heterocycles. The molecule has 5 aliphatic rings. The molecule has 0 radical (unpaired) electrons. The molecule has 0 saturated heterocycles. The fourth-order valence-electron chi connectivity index (χ4n) is 9.89. The van der Waals surface area contributed by atoms with Crippen LogP contribution in [0.2, 0.25) is 0 Å². The maximum atomic E-state index is 7.27. The van der Waals surface area contributed by atoms with Gasteiger partial charge in [0.1, 0.15) is 23.0 Å². The van der Waals surface area contributed by atoms with E-state index in [-0.39, 0.29) is 10.8 Å². The van der Waals surface area contributed by atoms with Gasteiger partial charge in [0.25, 0.3) is 0 Å². The third kappa shape index (κ3) is 4.40. The van der Waals surface area contributed by atoms with Crippen molar-refractivity contribution >= 4 is 45.0 Å². The van der Waals surface area contributed by atoms with Crippen LogP contribution in [-0.4, -0.2) is 0 Å². The number of thiol groups is 1. The van der Waals surface area contributed by atoms with Gasteiger partial charge in [-0.25, -0.2) is 0 Å². The Hall–Kier alpha value is -6.31. The molecule has 0 spiro atoms. The molecular weight excluding hydrogens is 713 g/mol. The zero-order valence-corrected chi connectivity index (χ0v) is 32.4. The molecule has 1 aliphatic carbocycles. The van der Waals surface area contributed by atoms with Crippen molar-refractivity contribution in [3.05, 3.63) is 151 Å². The van der Waals surface area contributed by atoms with Gasteiger partial charge in [-0.3, -0.25) is 0 Å². The summed E-state index contributed by atoms with van der Waals surface area (Å²) in [6.45, 7) is 9.44. The van der Waals surface area contributed by atoms with Crippen molar-refractivity contribution in [1.29, 1.82) is 0 Å². The summed E-state index contributed by atoms with van der Waals surface area (Å²) in [7, 11) is -1.04. The van der Waals surface area contributed by atoms with Crippen LogP contribution in [0.3, 0.4) is 0 Å². The van der Waals surface area contributed by atoms with E-state index in [2.05, 4.69) is 128 Å². The van der Waals surface area contributed by atoms with Crippen molar-refractivity contribution < 1.29 is 18.9 Å². The lowest BCUT2D eigenvalue weighted by molar-refractivity contribution is 0.386. The largest absolute Gasteiger partial charge is 0.455 e. The molecular formula is C49H38N2O4S. The lowest BCUT2D eigenvalue weighted by atomic mass is 9.82. The van der Waals surface area contributed by atoms with Crippen LogP contribution in [0.5, 0.6) is 46.0 Å². The Bertz CT molecular complexity index is 2740. The second kappa shape index (κ2) is 11.1. The van der Waals surface area contributed by atoms with Crippen molar-refractivity contribution in [1.82, 2.24) is 0 Å². The summed E-state index contributed by atoms with van der Waals surface area (Å²) >= 11 is 0. The number of anilines is 6. The average molecular weight is 751 g/mol. The van der Waals surface area contributed by atoms with Gasteiger partial charge in [0.15, 0.2) is 23.0 Å². The molecule has 6 nitrogen and oxygen atoms in total. The number of benzene rings is 7. The van der Waals surface area contributed by atoms with Gasteiger partial charge in [-0.1, -0.05) is 76.2 Å². The molecule has 0 saturated carbocycles. The third-order valence-corrected chi connectivity index (χ3v) is 14.5. The Kier molecular flexibility index (Phi) is 6.36. The molecule has 0 N–H and O–H groups in total. The second-order valence-corrected chi connectivity index (χ2v) is 18.6. The number of nitrogens with zero attached hydrogens (tertiary/aromatic N) is 2. The van der Waals surface area contributed by atoms with Gasteiger partial charge in [-0.2, -0.15) is 10.9 Å². The summed E-state index contributed by atoms with van der Waals surface area (Å²) in [6, 6.07) is 48.7. The number of para-hydroxylation sites is 8. The first-order valence-electron chi connectivity index (χ1n) is 19.2. The van der Waals surface area contributed by atoms with Gasteiger partial charge in [0.2, 0.25) is 0 Å². The van der Waals surface area contributed by atoms with E-state index in [1.165, 1.54) is 25.8 Å². The van der Waals surface area contributed by atoms with Gasteiger partial charge in [0, 0.05) is 27.5 Å². The highest BCUT2D eigenvalue weighted by Crippen LogP contribution is 2.72. The van der Waals surface area contributed by atoms with Gasteiger partial charge >= 0.3 is 0 Å². The molecule has 0 amide bonds. The topological polar surface area (TPSA) is 43.4 Å². The zero-order valence-electron chi connectivity index (χ0n) is 31.5. The minimum atomic E-state index is -1.04. The summed E-state index contributed by atoms with van der Waals surface area (Å²) in [4.78, 5) is 8.11. The second-order valence-electron chi connectivity index (χ2n) is 16.5. The molecule has 4 aliphatic heterocycles. The Balaban J connectivity index is 1.06. The normalized spacial score (nSPS) is 18.5. The van der Waals surface area contributed by atoms with E-state index in [0.29, 0.717) is 0 Å². The number of rotatable bonds is 2. The lowest BCUT2D eigenvalue weighted by Crippen LogP contribution is -2.19. The predicted octanol–water partition coefficient (Wildman–Crippen LogP) is 14.5. The number of hydrogen-bond acceptors (Lipinski definition) is 6. The SMILES string of the molecule is CC1(C)CC(C)(C)c2c1cc1c3c2Oc2cc(N4c5ccccc5Oc5ccccc54)ccc2[SH]3c2ccc(N3c4ccccc4Oc4ccccc43)cc2O1. The average Bonchev–Trinajstić information content (AvgIpc) is 3.40. The molecule has 1 unspecified atom stereocenters. The molecule has 4 heterocycles. The molecule has 7 aromatic carbocycles. The van der Waals surface area contributed by atoms with Crippen LogP contribution >= 0.6 is 10.9 Å². The molecule has 7 aromatic rings. The third-order valence-electron chi connectivity index (χ3n) is 11.9. The summed E-state index contributed by atoms with van der Waals surface area (Å²) in [5.41, 5.74) is 8.49. The monoisotopic (exact) mass is 750 g/mol. The minimum Gasteiger partial charge on any atom is -0.455 e. The van der Waals surface area contributed by atoms with E-state index >= 15 is 0 Å². The van der Waals surface area contributed by atoms with Crippen molar-refractivity contribution in [3.63, 3.8) is 0 Å². The van der Waals surface area contributed by atoms with Crippen molar-refractivity contribution in [2.24, 2.45) is 0 Å². The van der Waals surface area contributed by atoms with Gasteiger partial charge in [0.05, 0.1) is 39.0 Å². The Morgan fingerprint density at radius 3 is 1.36 bits per heavy atom. The van der Waals surface area contributed by atoms with Crippen molar-refractivity contribution in [2.45, 2.75) is 59.6 Å². The fraction of sp³-hybridized carbons (Fsp3) is 0.143. The number of ether oxygens (including phenoxy) is 4. The summed E-state index contributed by atoms with van der Waals surface area (Å²) in [5, 5.41) is 0. The molecule has 0 bridgehead atoms. The van der Waals surface area contributed by atoms with Gasteiger partial charge in [-0.15, -0.1) is 0 Å². The van der Waals surface area contributed by atoms with Crippen molar-refractivity contribution in [2.75, 3.05) is 9.80 Å². The lowest BCUT2D eigenvalue weighted by Gasteiger charge is -2.40. The Morgan fingerprint density at radius 1 is 0.446 bits per heavy atom. The number of hydrogen-bond donors (Lipinski definition) is 1. The number of fused-ring (bicyclic) bond motifs is 10. The smallest absolute Gasteiger partial charge is 0.151 e. The highest BCUT2D eigenvalue weighted by Gasteiger charge is 2.49. The van der Waals surface area contributed by atoms with Crippen LogP contribution in [0.1, 0.15) is 45.2 Å². The Labute approximate surface area is 328 Å². The minimum absolute atomic E-state index is 0.0491. The van der Waals surface area contributed by atoms with Crippen molar-refractivity contribution in [3.8, 4) is 46.0 Å². The van der Waals surface area contributed by atoms with Crippen LogP contribution in [0.15, 0.2) is 154 Å². The molecule has 7 heteroatoms. The molecule has 12 rings (SSSR count). The highest BCUT2D eigenvalue weighted by molar-refractivity contribution is 8.17. The fourth-order valence-corrected chi connectivity index (χ4v) is 12.4. The van der Waals surface area contributed by atoms with Crippen LogP contribution < -0.4 is 28.7 Å².